The molecule has 26 heavy (non-hydrogen) atoms. The van der Waals surface area contributed by atoms with Gasteiger partial charge in [-0.25, -0.2) is 23.1 Å². The van der Waals surface area contributed by atoms with E-state index in [1.165, 1.54) is 17.4 Å². The van der Waals surface area contributed by atoms with Crippen LogP contribution < -0.4 is 10.6 Å². The summed E-state index contributed by atoms with van der Waals surface area (Å²) >= 11 is 1.47. The first-order valence-electron chi connectivity index (χ1n) is 7.84. The Morgan fingerprint density at radius 1 is 1.31 bits per heavy atom. The van der Waals surface area contributed by atoms with Crippen molar-refractivity contribution in [2.75, 3.05) is 4.90 Å². The summed E-state index contributed by atoms with van der Waals surface area (Å²) in [5.41, 5.74) is -0.735. The van der Waals surface area contributed by atoms with E-state index in [9.17, 15) is 18.4 Å². The number of carbonyl (C=O) groups is 1. The first-order valence-corrected chi connectivity index (χ1v) is 8.72. The van der Waals surface area contributed by atoms with Gasteiger partial charge in [0.15, 0.2) is 0 Å². The van der Waals surface area contributed by atoms with Crippen molar-refractivity contribution >= 4 is 23.1 Å². The summed E-state index contributed by atoms with van der Waals surface area (Å²) in [4.78, 5) is 27.3. The number of thiophene rings is 1. The summed E-state index contributed by atoms with van der Waals surface area (Å²) in [5, 5.41) is 5.83. The highest BCUT2D eigenvalue weighted by molar-refractivity contribution is 7.09. The van der Waals surface area contributed by atoms with Crippen molar-refractivity contribution in [1.29, 1.82) is 0 Å². The Kier molecular flexibility index (Phi) is 4.99. The Bertz CT molecular complexity index is 979. The van der Waals surface area contributed by atoms with Crippen LogP contribution in [0.3, 0.4) is 0 Å². The van der Waals surface area contributed by atoms with Gasteiger partial charge in [0.05, 0.1) is 12.2 Å². The molecular formula is C17H16F2N4O2S. The van der Waals surface area contributed by atoms with Gasteiger partial charge in [-0.2, -0.15) is 9.67 Å². The molecule has 0 radical (unpaired) electrons. The van der Waals surface area contributed by atoms with Gasteiger partial charge in [-0.05, 0) is 37.4 Å². The maximum Gasteiger partial charge on any atom is 0.354 e. The highest BCUT2D eigenvalue weighted by Crippen LogP contribution is 2.23. The first-order chi connectivity index (χ1) is 12.4. The number of hydrogen-bond donors (Lipinski definition) is 0. The van der Waals surface area contributed by atoms with Crippen molar-refractivity contribution in [3.8, 4) is 0 Å². The smallest absolute Gasteiger partial charge is 0.288 e. The summed E-state index contributed by atoms with van der Waals surface area (Å²) in [6.45, 7) is 3.58. The lowest BCUT2D eigenvalue weighted by Gasteiger charge is -2.26. The Morgan fingerprint density at radius 2 is 2.08 bits per heavy atom. The number of anilines is 1. The van der Waals surface area contributed by atoms with Gasteiger partial charge >= 0.3 is 11.7 Å². The second-order valence-corrected chi connectivity index (χ2v) is 6.89. The summed E-state index contributed by atoms with van der Waals surface area (Å²) in [7, 11) is 0. The lowest BCUT2D eigenvalue weighted by molar-refractivity contribution is 0.245. The van der Waals surface area contributed by atoms with Crippen molar-refractivity contribution in [2.45, 2.75) is 26.4 Å². The van der Waals surface area contributed by atoms with Gasteiger partial charge < -0.3 is 0 Å². The largest absolute Gasteiger partial charge is 0.354 e. The van der Waals surface area contributed by atoms with E-state index < -0.39 is 29.4 Å². The third-order valence-electron chi connectivity index (χ3n) is 3.72. The molecule has 0 unspecified atom stereocenters. The van der Waals surface area contributed by atoms with E-state index in [-0.39, 0.29) is 12.2 Å². The van der Waals surface area contributed by atoms with Crippen LogP contribution in [0.5, 0.6) is 0 Å². The molecule has 2 aromatic heterocycles. The Morgan fingerprint density at radius 3 is 2.69 bits per heavy atom. The van der Waals surface area contributed by atoms with Gasteiger partial charge in [-0.1, -0.05) is 6.07 Å². The number of aromatic nitrogens is 3. The standard InChI is InChI=1S/C17H16F2N4O2S/c1-11(2)23(15-6-5-12(18)8-14(15)19)17(25)21-10-20-22(16(21)24)9-13-4-3-7-26-13/h3-8,10-11H,9H2,1-2H3. The topological polar surface area (TPSA) is 60.1 Å². The Hall–Kier alpha value is -2.81. The fourth-order valence-electron chi connectivity index (χ4n) is 2.52. The summed E-state index contributed by atoms with van der Waals surface area (Å²) < 4.78 is 29.3. The van der Waals surface area contributed by atoms with E-state index in [4.69, 9.17) is 0 Å². The number of amides is 1. The van der Waals surface area contributed by atoms with E-state index in [1.54, 1.807) is 13.8 Å². The maximum atomic E-state index is 14.2. The molecule has 1 amide bonds. The van der Waals surface area contributed by atoms with E-state index in [0.29, 0.717) is 6.07 Å². The molecule has 0 bridgehead atoms. The molecule has 0 aliphatic rings. The third-order valence-corrected chi connectivity index (χ3v) is 4.58. The van der Waals surface area contributed by atoms with E-state index in [2.05, 4.69) is 5.10 Å². The van der Waals surface area contributed by atoms with Crippen molar-refractivity contribution in [1.82, 2.24) is 14.3 Å². The molecule has 1 aromatic carbocycles. The number of hydrogen-bond acceptors (Lipinski definition) is 4. The molecule has 0 N–H and O–H groups in total. The SMILES string of the molecule is CC(C)N(C(=O)n1cnn(Cc2cccs2)c1=O)c1ccc(F)cc1F. The summed E-state index contributed by atoms with van der Waals surface area (Å²) in [5.74, 6) is -1.63. The van der Waals surface area contributed by atoms with E-state index in [0.717, 1.165) is 31.4 Å². The average molecular weight is 378 g/mol. The van der Waals surface area contributed by atoms with Gasteiger partial charge in [0.1, 0.15) is 18.0 Å². The molecule has 6 nitrogen and oxygen atoms in total. The first kappa shape index (κ1) is 18.0. The van der Waals surface area contributed by atoms with Crippen LogP contribution in [-0.4, -0.2) is 26.4 Å². The van der Waals surface area contributed by atoms with Gasteiger partial charge in [-0.15, -0.1) is 11.3 Å². The molecule has 0 aliphatic heterocycles. The number of benzene rings is 1. The zero-order valence-electron chi connectivity index (χ0n) is 14.1. The van der Waals surface area contributed by atoms with E-state index in [1.807, 2.05) is 17.5 Å². The van der Waals surface area contributed by atoms with Crippen molar-refractivity contribution in [2.24, 2.45) is 0 Å². The van der Waals surface area contributed by atoms with Gasteiger partial charge in [0.2, 0.25) is 0 Å². The highest BCUT2D eigenvalue weighted by Gasteiger charge is 2.26. The van der Waals surface area contributed by atoms with Gasteiger partial charge in [0.25, 0.3) is 0 Å². The second-order valence-electron chi connectivity index (χ2n) is 5.86. The van der Waals surface area contributed by atoms with Crippen LogP contribution in [0.1, 0.15) is 18.7 Å². The van der Waals surface area contributed by atoms with Crippen LogP contribution in [0, 0.1) is 11.6 Å². The Balaban J connectivity index is 1.95. The average Bonchev–Trinajstić information content (AvgIpc) is 3.20. The van der Waals surface area contributed by atoms with Crippen LogP contribution in [0.25, 0.3) is 0 Å². The molecule has 3 aromatic rings. The minimum absolute atomic E-state index is 0.107. The van der Waals surface area contributed by atoms with E-state index >= 15 is 0 Å². The quantitative estimate of drug-likeness (QED) is 0.700. The second kappa shape index (κ2) is 7.20. The molecule has 3 rings (SSSR count). The minimum Gasteiger partial charge on any atom is -0.288 e. The number of halogens is 2. The molecule has 0 saturated carbocycles. The van der Waals surface area contributed by atoms with Crippen LogP contribution >= 0.6 is 11.3 Å². The minimum atomic E-state index is -0.883. The molecule has 0 saturated heterocycles. The molecule has 136 valence electrons. The van der Waals surface area contributed by atoms with Crippen LogP contribution in [0.2, 0.25) is 0 Å². The highest BCUT2D eigenvalue weighted by atomic mass is 32.1. The van der Waals surface area contributed by atoms with Crippen molar-refractivity contribution in [3.05, 3.63) is 69.0 Å². The molecular weight excluding hydrogens is 362 g/mol. The predicted octanol–water partition coefficient (Wildman–Crippen LogP) is 3.32. The molecule has 0 atom stereocenters. The van der Waals surface area contributed by atoms with Crippen LogP contribution in [0.15, 0.2) is 46.8 Å². The zero-order chi connectivity index (χ0) is 18.8. The molecule has 2 heterocycles. The molecule has 0 spiro atoms. The third kappa shape index (κ3) is 3.43. The van der Waals surface area contributed by atoms with Crippen molar-refractivity contribution < 1.29 is 13.6 Å². The van der Waals surface area contributed by atoms with Crippen molar-refractivity contribution in [3.63, 3.8) is 0 Å². The lowest BCUT2D eigenvalue weighted by atomic mass is 10.2. The number of rotatable bonds is 4. The maximum absolute atomic E-state index is 14.2. The molecule has 0 aliphatic carbocycles. The fourth-order valence-corrected chi connectivity index (χ4v) is 3.21. The molecule has 0 fully saturated rings. The zero-order valence-corrected chi connectivity index (χ0v) is 14.9. The lowest BCUT2D eigenvalue weighted by Crippen LogP contribution is -2.44. The van der Waals surface area contributed by atoms with Gasteiger partial charge in [0, 0.05) is 17.0 Å². The molecule has 9 heteroatoms. The van der Waals surface area contributed by atoms with Gasteiger partial charge in [-0.3, -0.25) is 4.90 Å². The summed E-state index contributed by atoms with van der Waals surface area (Å²) in [6.07, 6.45) is 1.11. The number of carbonyl (C=O) groups excluding carboxylic acids is 1. The Labute approximate surface area is 151 Å². The van der Waals surface area contributed by atoms with Crippen LogP contribution in [0.4, 0.5) is 19.3 Å². The van der Waals surface area contributed by atoms with Crippen LogP contribution in [-0.2, 0) is 6.54 Å². The fraction of sp³-hybridized carbons (Fsp3) is 0.235. The normalized spacial score (nSPS) is 11.1. The summed E-state index contributed by atoms with van der Waals surface area (Å²) in [6, 6.07) is 5.41. The monoisotopic (exact) mass is 378 g/mol. The predicted molar refractivity (Wildman–Crippen MR) is 94.7 cm³/mol. The number of nitrogens with zero attached hydrogens (tertiary/aromatic N) is 4.